The fraction of sp³-hybridized carbons (Fsp3) is 0.333. The van der Waals surface area contributed by atoms with Gasteiger partial charge in [-0.25, -0.2) is 0 Å². The van der Waals surface area contributed by atoms with E-state index in [0.717, 1.165) is 15.6 Å². The summed E-state index contributed by atoms with van der Waals surface area (Å²) in [5, 5.41) is 9.54. The molecular weight excluding hydrogens is 256 g/mol. The maximum atomic E-state index is 9.54. The Morgan fingerprint density at radius 3 is 2.80 bits per heavy atom. The van der Waals surface area contributed by atoms with E-state index in [1.54, 1.807) is 6.92 Å². The van der Waals surface area contributed by atoms with Crippen molar-refractivity contribution in [1.29, 1.82) is 0 Å². The molecule has 0 fully saturated rings. The zero-order chi connectivity index (χ0) is 11.4. The molecule has 0 aliphatic rings. The van der Waals surface area contributed by atoms with Gasteiger partial charge in [-0.1, -0.05) is 28.6 Å². The van der Waals surface area contributed by atoms with Crippen molar-refractivity contribution in [3.63, 3.8) is 0 Å². The van der Waals surface area contributed by atoms with Crippen molar-refractivity contribution in [3.05, 3.63) is 40.4 Å². The molecule has 0 radical (unpaired) electrons. The van der Waals surface area contributed by atoms with Gasteiger partial charge >= 0.3 is 0 Å². The first-order valence-electron chi connectivity index (χ1n) is 4.75. The van der Waals surface area contributed by atoms with Crippen LogP contribution in [0.3, 0.4) is 0 Å². The van der Waals surface area contributed by atoms with Gasteiger partial charge in [0.2, 0.25) is 0 Å². The fourth-order valence-electron chi connectivity index (χ4n) is 1.18. The molecule has 0 saturated carbocycles. The van der Waals surface area contributed by atoms with E-state index in [4.69, 9.17) is 4.74 Å². The molecule has 0 aliphatic carbocycles. The van der Waals surface area contributed by atoms with E-state index in [-0.39, 0.29) is 0 Å². The quantitative estimate of drug-likeness (QED) is 0.850. The number of aliphatic hydroxyl groups is 1. The Kier molecular flexibility index (Phi) is 4.36. The van der Waals surface area contributed by atoms with Crippen LogP contribution in [0.2, 0.25) is 0 Å². The Morgan fingerprint density at radius 1 is 1.60 bits per heavy atom. The predicted octanol–water partition coefficient (Wildman–Crippen LogP) is 3.46. The first-order chi connectivity index (χ1) is 7.00. The fourth-order valence-corrected chi connectivity index (χ4v) is 1.52. The summed E-state index contributed by atoms with van der Waals surface area (Å²) in [6, 6.07) is 5.59. The number of benzene rings is 1. The number of hydrogen-bond acceptors (Lipinski definition) is 2. The molecule has 1 aromatic carbocycles. The molecule has 0 spiro atoms. The highest BCUT2D eigenvalue weighted by atomic mass is 79.9. The van der Waals surface area contributed by atoms with Gasteiger partial charge in [-0.2, -0.15) is 0 Å². The maximum Gasteiger partial charge on any atom is 0.126 e. The summed E-state index contributed by atoms with van der Waals surface area (Å²) in [7, 11) is 0. The first-order valence-corrected chi connectivity index (χ1v) is 5.54. The monoisotopic (exact) mass is 270 g/mol. The lowest BCUT2D eigenvalue weighted by Gasteiger charge is -2.13. The van der Waals surface area contributed by atoms with Crippen molar-refractivity contribution >= 4 is 15.9 Å². The van der Waals surface area contributed by atoms with E-state index < -0.39 is 6.10 Å². The molecule has 2 nitrogen and oxygen atoms in total. The number of halogens is 1. The summed E-state index contributed by atoms with van der Waals surface area (Å²) < 4.78 is 6.49. The normalized spacial score (nSPS) is 12.3. The van der Waals surface area contributed by atoms with Crippen LogP contribution in [0.25, 0.3) is 0 Å². The van der Waals surface area contributed by atoms with Gasteiger partial charge in [-0.05, 0) is 31.6 Å². The van der Waals surface area contributed by atoms with Gasteiger partial charge in [0.05, 0.1) is 6.10 Å². The van der Waals surface area contributed by atoms with Crippen LogP contribution in [0.5, 0.6) is 5.75 Å². The van der Waals surface area contributed by atoms with Crippen LogP contribution >= 0.6 is 15.9 Å². The highest BCUT2D eigenvalue weighted by Crippen LogP contribution is 2.28. The van der Waals surface area contributed by atoms with E-state index in [1.165, 1.54) is 0 Å². The van der Waals surface area contributed by atoms with Crippen LogP contribution in [0.15, 0.2) is 34.8 Å². The summed E-state index contributed by atoms with van der Waals surface area (Å²) >= 11 is 3.37. The zero-order valence-electron chi connectivity index (χ0n) is 8.96. The Balaban J connectivity index is 2.91. The molecule has 0 aromatic heterocycles. The molecular formula is C12H15BrO2. The number of rotatable bonds is 4. The SMILES string of the molecule is C=C(C)COc1cc(Br)ccc1[C@@H](C)O. The van der Waals surface area contributed by atoms with E-state index in [1.807, 2.05) is 25.1 Å². The Bertz CT molecular complexity index is 359. The molecule has 0 saturated heterocycles. The summed E-state index contributed by atoms with van der Waals surface area (Å²) in [6.07, 6.45) is -0.529. The molecule has 82 valence electrons. The molecule has 0 aliphatic heterocycles. The molecule has 1 rings (SSSR count). The lowest BCUT2D eigenvalue weighted by atomic mass is 10.1. The van der Waals surface area contributed by atoms with Crippen LogP contribution in [0.1, 0.15) is 25.5 Å². The molecule has 3 heteroatoms. The average Bonchev–Trinajstić information content (AvgIpc) is 2.14. The van der Waals surface area contributed by atoms with Gasteiger partial charge in [0.15, 0.2) is 0 Å². The van der Waals surface area contributed by atoms with E-state index in [0.29, 0.717) is 12.4 Å². The van der Waals surface area contributed by atoms with Gasteiger partial charge in [0, 0.05) is 10.0 Å². The van der Waals surface area contributed by atoms with Gasteiger partial charge < -0.3 is 9.84 Å². The summed E-state index contributed by atoms with van der Waals surface area (Å²) in [5.41, 5.74) is 1.74. The minimum absolute atomic E-state index is 0.468. The third kappa shape index (κ3) is 3.68. The second kappa shape index (κ2) is 5.33. The number of ether oxygens (including phenoxy) is 1. The predicted molar refractivity (Wildman–Crippen MR) is 65.1 cm³/mol. The third-order valence-electron chi connectivity index (χ3n) is 1.90. The van der Waals surface area contributed by atoms with E-state index in [2.05, 4.69) is 22.5 Å². The first kappa shape index (κ1) is 12.3. The van der Waals surface area contributed by atoms with Crippen LogP contribution in [0.4, 0.5) is 0 Å². The van der Waals surface area contributed by atoms with Crippen LogP contribution in [-0.4, -0.2) is 11.7 Å². The van der Waals surface area contributed by atoms with Gasteiger partial charge in [-0.15, -0.1) is 0 Å². The topological polar surface area (TPSA) is 29.5 Å². The van der Waals surface area contributed by atoms with Crippen LogP contribution < -0.4 is 4.74 Å². The Morgan fingerprint density at radius 2 is 2.27 bits per heavy atom. The highest BCUT2D eigenvalue weighted by Gasteiger charge is 2.09. The second-order valence-corrected chi connectivity index (χ2v) is 4.52. The zero-order valence-corrected chi connectivity index (χ0v) is 10.5. The van der Waals surface area contributed by atoms with Gasteiger partial charge in [-0.3, -0.25) is 0 Å². The van der Waals surface area contributed by atoms with E-state index >= 15 is 0 Å². The third-order valence-corrected chi connectivity index (χ3v) is 2.39. The minimum Gasteiger partial charge on any atom is -0.489 e. The van der Waals surface area contributed by atoms with Crippen molar-refractivity contribution in [2.24, 2.45) is 0 Å². The summed E-state index contributed by atoms with van der Waals surface area (Å²) in [6.45, 7) is 7.86. The van der Waals surface area contributed by atoms with Crippen LogP contribution in [0, 0.1) is 0 Å². The highest BCUT2D eigenvalue weighted by molar-refractivity contribution is 9.10. The average molecular weight is 271 g/mol. The molecule has 1 aromatic rings. The van der Waals surface area contributed by atoms with Crippen molar-refractivity contribution in [3.8, 4) is 5.75 Å². The van der Waals surface area contributed by atoms with E-state index in [9.17, 15) is 5.11 Å². The van der Waals surface area contributed by atoms with Gasteiger partial charge in [0.1, 0.15) is 12.4 Å². The van der Waals surface area contributed by atoms with Crippen molar-refractivity contribution in [1.82, 2.24) is 0 Å². The largest absolute Gasteiger partial charge is 0.489 e. The Labute approximate surface area is 98.7 Å². The van der Waals surface area contributed by atoms with Crippen molar-refractivity contribution in [2.45, 2.75) is 20.0 Å². The molecule has 0 heterocycles. The molecule has 0 amide bonds. The van der Waals surface area contributed by atoms with Crippen LogP contribution in [-0.2, 0) is 0 Å². The molecule has 1 atom stereocenters. The van der Waals surface area contributed by atoms with Crippen molar-refractivity contribution in [2.75, 3.05) is 6.61 Å². The number of hydrogen-bond donors (Lipinski definition) is 1. The van der Waals surface area contributed by atoms with Crippen molar-refractivity contribution < 1.29 is 9.84 Å². The minimum atomic E-state index is -0.529. The maximum absolute atomic E-state index is 9.54. The smallest absolute Gasteiger partial charge is 0.126 e. The Hall–Kier alpha value is -0.800. The summed E-state index contributed by atoms with van der Waals surface area (Å²) in [4.78, 5) is 0. The van der Waals surface area contributed by atoms with Gasteiger partial charge in [0.25, 0.3) is 0 Å². The summed E-state index contributed by atoms with van der Waals surface area (Å²) in [5.74, 6) is 0.697. The second-order valence-electron chi connectivity index (χ2n) is 3.60. The molecule has 1 N–H and O–H groups in total. The molecule has 0 bridgehead atoms. The lowest BCUT2D eigenvalue weighted by molar-refractivity contribution is 0.192. The number of aliphatic hydroxyl groups excluding tert-OH is 1. The molecule has 0 unspecified atom stereocenters. The standard InChI is InChI=1S/C12H15BrO2/c1-8(2)7-15-12-6-10(13)4-5-11(12)9(3)14/h4-6,9,14H,1,7H2,2-3H3/t9-/m1/s1. The molecule has 15 heavy (non-hydrogen) atoms. The lowest BCUT2D eigenvalue weighted by Crippen LogP contribution is -2.02.